The highest BCUT2D eigenvalue weighted by Crippen LogP contribution is 2.29. The smallest absolute Gasteiger partial charge is 0.0478 e. The van der Waals surface area contributed by atoms with Gasteiger partial charge in [0.1, 0.15) is 0 Å². The summed E-state index contributed by atoms with van der Waals surface area (Å²) in [5.41, 5.74) is 0. The molecule has 2 aliphatic heterocycles. The molecule has 2 fully saturated rings. The van der Waals surface area contributed by atoms with Crippen molar-refractivity contribution in [2.24, 2.45) is 0 Å². The number of nitrogens with zero attached hydrogens (tertiary/aromatic N) is 1. The Morgan fingerprint density at radius 1 is 1.18 bits per heavy atom. The van der Waals surface area contributed by atoms with Crippen LogP contribution in [0.4, 0.5) is 0 Å². The molecule has 0 amide bonds. The van der Waals surface area contributed by atoms with E-state index in [0.29, 0.717) is 0 Å². The lowest BCUT2D eigenvalue weighted by Gasteiger charge is -2.37. The Balaban J connectivity index is 1.73. The molecule has 2 saturated heterocycles. The molecular weight excluding hydrogens is 212 g/mol. The molecule has 0 aliphatic carbocycles. The van der Waals surface area contributed by atoms with Crippen LogP contribution in [-0.4, -0.2) is 49.3 Å². The van der Waals surface area contributed by atoms with Crippen molar-refractivity contribution in [1.82, 2.24) is 10.2 Å². The van der Waals surface area contributed by atoms with Crippen LogP contribution in [0.3, 0.4) is 0 Å². The van der Waals surface area contributed by atoms with Gasteiger partial charge < -0.3 is 15.0 Å². The number of rotatable bonds is 7. The maximum Gasteiger partial charge on any atom is 0.0478 e. The normalized spacial score (nSPS) is 32.3. The van der Waals surface area contributed by atoms with Gasteiger partial charge in [0.15, 0.2) is 0 Å². The summed E-state index contributed by atoms with van der Waals surface area (Å²) in [4.78, 5) is 2.67. The standard InChI is InChI=1S/C14H28N2O/c1-3-16(8-5-9-17-4-2)14-10-12-6-7-13(11-14)15-12/h12-15H,3-11H2,1-2H3. The van der Waals surface area contributed by atoms with Crippen LogP contribution in [0, 0.1) is 0 Å². The fraction of sp³-hybridized carbons (Fsp3) is 1.00. The first-order valence-electron chi connectivity index (χ1n) is 7.41. The average molecular weight is 240 g/mol. The number of hydrogen-bond acceptors (Lipinski definition) is 3. The van der Waals surface area contributed by atoms with Gasteiger partial charge in [0.2, 0.25) is 0 Å². The predicted octanol–water partition coefficient (Wildman–Crippen LogP) is 2.02. The average Bonchev–Trinajstić information content (AvgIpc) is 2.68. The van der Waals surface area contributed by atoms with Crippen LogP contribution in [0.5, 0.6) is 0 Å². The molecular formula is C14H28N2O. The minimum Gasteiger partial charge on any atom is -0.382 e. The van der Waals surface area contributed by atoms with E-state index >= 15 is 0 Å². The second kappa shape index (κ2) is 6.72. The summed E-state index contributed by atoms with van der Waals surface area (Å²) in [6, 6.07) is 2.43. The van der Waals surface area contributed by atoms with E-state index < -0.39 is 0 Å². The van der Waals surface area contributed by atoms with Crippen molar-refractivity contribution in [2.45, 2.75) is 64.1 Å². The molecule has 3 heteroatoms. The van der Waals surface area contributed by atoms with Gasteiger partial charge in [-0.3, -0.25) is 0 Å². The lowest BCUT2D eigenvalue weighted by atomic mass is 9.98. The molecule has 0 spiro atoms. The Morgan fingerprint density at radius 3 is 2.47 bits per heavy atom. The van der Waals surface area contributed by atoms with E-state index in [1.165, 1.54) is 45.2 Å². The fourth-order valence-electron chi connectivity index (χ4n) is 3.44. The molecule has 0 aromatic carbocycles. The van der Waals surface area contributed by atoms with Gasteiger partial charge in [-0.2, -0.15) is 0 Å². The minimum absolute atomic E-state index is 0.805. The van der Waals surface area contributed by atoms with Gasteiger partial charge in [0.25, 0.3) is 0 Å². The first-order chi connectivity index (χ1) is 8.33. The molecule has 0 aromatic heterocycles. The summed E-state index contributed by atoms with van der Waals surface area (Å²) in [7, 11) is 0. The summed E-state index contributed by atoms with van der Waals surface area (Å²) >= 11 is 0. The van der Waals surface area contributed by atoms with Crippen LogP contribution in [0.1, 0.15) is 46.0 Å². The van der Waals surface area contributed by atoms with Crippen molar-refractivity contribution in [3.63, 3.8) is 0 Å². The minimum atomic E-state index is 0.805. The number of piperidine rings is 1. The summed E-state index contributed by atoms with van der Waals surface area (Å²) < 4.78 is 5.43. The lowest BCUT2D eigenvalue weighted by molar-refractivity contribution is 0.107. The molecule has 100 valence electrons. The van der Waals surface area contributed by atoms with Crippen molar-refractivity contribution in [3.05, 3.63) is 0 Å². The highest BCUT2D eigenvalue weighted by Gasteiger charge is 2.35. The third-order valence-corrected chi connectivity index (χ3v) is 4.31. The lowest BCUT2D eigenvalue weighted by Crippen LogP contribution is -2.48. The Morgan fingerprint density at radius 2 is 1.88 bits per heavy atom. The van der Waals surface area contributed by atoms with E-state index in [-0.39, 0.29) is 0 Å². The molecule has 2 unspecified atom stereocenters. The van der Waals surface area contributed by atoms with Crippen LogP contribution in [0.2, 0.25) is 0 Å². The number of ether oxygens (including phenoxy) is 1. The first kappa shape index (κ1) is 13.3. The Bertz CT molecular complexity index is 210. The van der Waals surface area contributed by atoms with Gasteiger partial charge in [0.05, 0.1) is 0 Å². The van der Waals surface area contributed by atoms with Gasteiger partial charge in [0, 0.05) is 37.9 Å². The summed E-state index contributed by atoms with van der Waals surface area (Å²) in [6.07, 6.45) is 6.70. The van der Waals surface area contributed by atoms with Gasteiger partial charge >= 0.3 is 0 Å². The van der Waals surface area contributed by atoms with E-state index in [4.69, 9.17) is 4.74 Å². The van der Waals surface area contributed by atoms with Crippen LogP contribution in [-0.2, 0) is 4.74 Å². The van der Waals surface area contributed by atoms with E-state index in [1.54, 1.807) is 0 Å². The van der Waals surface area contributed by atoms with Crippen molar-refractivity contribution >= 4 is 0 Å². The van der Waals surface area contributed by atoms with Crippen molar-refractivity contribution in [2.75, 3.05) is 26.3 Å². The van der Waals surface area contributed by atoms with E-state index in [9.17, 15) is 0 Å². The van der Waals surface area contributed by atoms with E-state index in [0.717, 1.165) is 31.3 Å². The first-order valence-corrected chi connectivity index (χ1v) is 7.41. The molecule has 2 atom stereocenters. The topological polar surface area (TPSA) is 24.5 Å². The zero-order chi connectivity index (χ0) is 12.1. The SMILES string of the molecule is CCOCCCN(CC)C1CC2CCC(C1)N2. The van der Waals surface area contributed by atoms with E-state index in [1.807, 2.05) is 0 Å². The Labute approximate surface area is 106 Å². The largest absolute Gasteiger partial charge is 0.382 e. The van der Waals surface area contributed by atoms with Gasteiger partial charge in [-0.1, -0.05) is 6.92 Å². The highest BCUT2D eigenvalue weighted by molar-refractivity contribution is 4.95. The van der Waals surface area contributed by atoms with Gasteiger partial charge in [-0.05, 0) is 45.6 Å². The van der Waals surface area contributed by atoms with Crippen LogP contribution in [0.15, 0.2) is 0 Å². The van der Waals surface area contributed by atoms with Gasteiger partial charge in [-0.15, -0.1) is 0 Å². The molecule has 17 heavy (non-hydrogen) atoms. The Kier molecular flexibility index (Phi) is 5.26. The summed E-state index contributed by atoms with van der Waals surface area (Å²) in [6.45, 7) is 8.54. The summed E-state index contributed by atoms with van der Waals surface area (Å²) in [5, 5.41) is 3.72. The maximum absolute atomic E-state index is 5.43. The van der Waals surface area contributed by atoms with Crippen molar-refractivity contribution in [3.8, 4) is 0 Å². The van der Waals surface area contributed by atoms with Crippen molar-refractivity contribution < 1.29 is 4.74 Å². The van der Waals surface area contributed by atoms with Crippen LogP contribution < -0.4 is 5.32 Å². The molecule has 0 aromatic rings. The second-order valence-electron chi connectivity index (χ2n) is 5.44. The van der Waals surface area contributed by atoms with E-state index in [2.05, 4.69) is 24.1 Å². The molecule has 0 radical (unpaired) electrons. The van der Waals surface area contributed by atoms with Crippen LogP contribution >= 0.6 is 0 Å². The second-order valence-corrected chi connectivity index (χ2v) is 5.44. The fourth-order valence-corrected chi connectivity index (χ4v) is 3.44. The number of nitrogens with one attached hydrogen (secondary N) is 1. The Hall–Kier alpha value is -0.120. The molecule has 2 rings (SSSR count). The zero-order valence-electron chi connectivity index (χ0n) is 11.5. The molecule has 1 N–H and O–H groups in total. The third-order valence-electron chi connectivity index (χ3n) is 4.31. The third kappa shape index (κ3) is 3.67. The molecule has 0 saturated carbocycles. The zero-order valence-corrected chi connectivity index (χ0v) is 11.5. The number of fused-ring (bicyclic) bond motifs is 2. The van der Waals surface area contributed by atoms with Gasteiger partial charge in [-0.25, -0.2) is 0 Å². The quantitative estimate of drug-likeness (QED) is 0.689. The monoisotopic (exact) mass is 240 g/mol. The maximum atomic E-state index is 5.43. The molecule has 2 heterocycles. The van der Waals surface area contributed by atoms with Crippen molar-refractivity contribution in [1.29, 1.82) is 0 Å². The van der Waals surface area contributed by atoms with Crippen LogP contribution in [0.25, 0.3) is 0 Å². The summed E-state index contributed by atoms with van der Waals surface area (Å²) in [5.74, 6) is 0. The molecule has 2 bridgehead atoms. The molecule has 2 aliphatic rings. The highest BCUT2D eigenvalue weighted by atomic mass is 16.5. The molecule has 3 nitrogen and oxygen atoms in total. The predicted molar refractivity (Wildman–Crippen MR) is 71.3 cm³/mol. The number of hydrogen-bond donors (Lipinski definition) is 1.